The number of halogens is 1. The second-order valence-corrected chi connectivity index (χ2v) is 5.58. The number of nitrogens with zero attached hydrogens (tertiary/aromatic N) is 1. The number of hydrogen-bond donors (Lipinski definition) is 2. The summed E-state index contributed by atoms with van der Waals surface area (Å²) in [6.45, 7) is 1.68. The number of hydrogen-bond acceptors (Lipinski definition) is 5. The maximum atomic E-state index is 11.7. The molecule has 2 aromatic rings. The summed E-state index contributed by atoms with van der Waals surface area (Å²) >= 11 is 4.19. The molecule has 1 amide bonds. The Morgan fingerprint density at radius 3 is 2.55 bits per heavy atom. The molecule has 2 rings (SSSR count). The normalized spacial score (nSPS) is 11.4. The van der Waals surface area contributed by atoms with Crippen molar-refractivity contribution < 1.29 is 19.1 Å². The van der Waals surface area contributed by atoms with Crippen LogP contribution in [0.1, 0.15) is 32.0 Å². The van der Waals surface area contributed by atoms with Gasteiger partial charge in [0, 0.05) is 0 Å². The molecule has 0 bridgehead atoms. The number of carbonyl (C=O) groups is 2. The molecule has 20 heavy (non-hydrogen) atoms. The van der Waals surface area contributed by atoms with Crippen molar-refractivity contribution >= 4 is 44.9 Å². The Morgan fingerprint density at radius 2 is 2.00 bits per heavy atom. The molecule has 104 valence electrons. The fourth-order valence-electron chi connectivity index (χ4n) is 1.33. The van der Waals surface area contributed by atoms with E-state index < -0.39 is 11.9 Å². The largest absolute Gasteiger partial charge is 0.477 e. The molecule has 0 atom stereocenters. The second kappa shape index (κ2) is 6.02. The van der Waals surface area contributed by atoms with Gasteiger partial charge in [-0.15, -0.1) is 11.3 Å². The van der Waals surface area contributed by atoms with Crippen molar-refractivity contribution in [1.82, 2.24) is 5.43 Å². The number of hydrazone groups is 1. The van der Waals surface area contributed by atoms with Crippen molar-refractivity contribution in [3.05, 3.63) is 44.4 Å². The molecule has 0 aliphatic carbocycles. The maximum absolute atomic E-state index is 11.7. The number of rotatable bonds is 4. The van der Waals surface area contributed by atoms with E-state index in [1.54, 1.807) is 19.1 Å². The van der Waals surface area contributed by atoms with E-state index in [-0.39, 0.29) is 10.6 Å². The van der Waals surface area contributed by atoms with Gasteiger partial charge in [-0.3, -0.25) is 4.79 Å². The van der Waals surface area contributed by atoms with Crippen LogP contribution in [-0.4, -0.2) is 22.7 Å². The SMILES string of the molecule is C/C(=N\NC(=O)c1ccc(Br)o1)c1ccc(C(=O)O)s1. The summed E-state index contributed by atoms with van der Waals surface area (Å²) < 4.78 is 5.53. The summed E-state index contributed by atoms with van der Waals surface area (Å²) in [5.41, 5.74) is 2.86. The average molecular weight is 357 g/mol. The lowest BCUT2D eigenvalue weighted by Gasteiger charge is -1.98. The molecule has 2 aromatic heterocycles. The van der Waals surface area contributed by atoms with E-state index in [0.717, 1.165) is 11.3 Å². The average Bonchev–Trinajstić information content (AvgIpc) is 3.04. The highest BCUT2D eigenvalue weighted by Crippen LogP contribution is 2.17. The van der Waals surface area contributed by atoms with Gasteiger partial charge in [0.05, 0.1) is 10.6 Å². The van der Waals surface area contributed by atoms with Gasteiger partial charge in [0.15, 0.2) is 10.4 Å². The fourth-order valence-corrected chi connectivity index (χ4v) is 2.42. The van der Waals surface area contributed by atoms with Gasteiger partial charge in [0.25, 0.3) is 0 Å². The van der Waals surface area contributed by atoms with E-state index in [1.807, 2.05) is 0 Å². The number of furan rings is 1. The van der Waals surface area contributed by atoms with Crippen molar-refractivity contribution in [3.63, 3.8) is 0 Å². The first-order valence-electron chi connectivity index (χ1n) is 5.41. The van der Waals surface area contributed by atoms with Gasteiger partial charge in [0.2, 0.25) is 0 Å². The highest BCUT2D eigenvalue weighted by atomic mass is 79.9. The van der Waals surface area contributed by atoms with Crippen LogP contribution in [0.4, 0.5) is 0 Å². The number of amides is 1. The molecule has 8 heteroatoms. The molecule has 6 nitrogen and oxygen atoms in total. The third-order valence-electron chi connectivity index (χ3n) is 2.30. The zero-order chi connectivity index (χ0) is 14.7. The van der Waals surface area contributed by atoms with Gasteiger partial charge < -0.3 is 9.52 Å². The van der Waals surface area contributed by atoms with E-state index in [1.165, 1.54) is 12.1 Å². The third-order valence-corrected chi connectivity index (χ3v) is 3.90. The highest BCUT2D eigenvalue weighted by molar-refractivity contribution is 9.10. The molecule has 0 saturated heterocycles. The minimum atomic E-state index is -0.987. The highest BCUT2D eigenvalue weighted by Gasteiger charge is 2.11. The molecule has 0 aliphatic heterocycles. The van der Waals surface area contributed by atoms with Crippen LogP contribution in [0.25, 0.3) is 0 Å². The first-order valence-corrected chi connectivity index (χ1v) is 7.02. The Kier molecular flexibility index (Phi) is 4.35. The first kappa shape index (κ1) is 14.5. The van der Waals surface area contributed by atoms with Crippen LogP contribution < -0.4 is 5.43 Å². The number of nitrogens with one attached hydrogen (secondary N) is 1. The predicted octanol–water partition coefficient (Wildman–Crippen LogP) is 2.96. The Morgan fingerprint density at radius 1 is 1.30 bits per heavy atom. The number of carbonyl (C=O) groups excluding carboxylic acids is 1. The lowest BCUT2D eigenvalue weighted by atomic mass is 10.3. The van der Waals surface area contributed by atoms with E-state index in [9.17, 15) is 9.59 Å². The van der Waals surface area contributed by atoms with Gasteiger partial charge in [-0.1, -0.05) is 0 Å². The zero-order valence-electron chi connectivity index (χ0n) is 10.2. The Labute approximate surface area is 126 Å². The van der Waals surface area contributed by atoms with Crippen LogP contribution in [0.5, 0.6) is 0 Å². The van der Waals surface area contributed by atoms with Gasteiger partial charge in [-0.2, -0.15) is 5.10 Å². The van der Waals surface area contributed by atoms with E-state index in [2.05, 4.69) is 26.5 Å². The predicted molar refractivity (Wildman–Crippen MR) is 77.4 cm³/mol. The molecular weight excluding hydrogens is 348 g/mol. The molecule has 0 aliphatic rings. The van der Waals surface area contributed by atoms with Gasteiger partial charge in [-0.25, -0.2) is 10.2 Å². The van der Waals surface area contributed by atoms with Crippen molar-refractivity contribution in [2.45, 2.75) is 6.92 Å². The maximum Gasteiger partial charge on any atom is 0.345 e. The molecule has 0 radical (unpaired) electrons. The van der Waals surface area contributed by atoms with Gasteiger partial charge in [-0.05, 0) is 47.1 Å². The van der Waals surface area contributed by atoms with Crippen molar-refractivity contribution in [2.24, 2.45) is 5.10 Å². The summed E-state index contributed by atoms with van der Waals surface area (Å²) in [5, 5.41) is 12.7. The monoisotopic (exact) mass is 356 g/mol. The van der Waals surface area contributed by atoms with Crippen LogP contribution in [0.15, 0.2) is 38.5 Å². The zero-order valence-corrected chi connectivity index (χ0v) is 12.6. The topological polar surface area (TPSA) is 91.9 Å². The fraction of sp³-hybridized carbons (Fsp3) is 0.0833. The number of carboxylic acids is 1. The second-order valence-electron chi connectivity index (χ2n) is 3.71. The summed E-state index contributed by atoms with van der Waals surface area (Å²) in [4.78, 5) is 23.3. The molecule has 2 heterocycles. The van der Waals surface area contributed by atoms with Crippen molar-refractivity contribution in [3.8, 4) is 0 Å². The van der Waals surface area contributed by atoms with Crippen LogP contribution >= 0.6 is 27.3 Å². The van der Waals surface area contributed by atoms with Gasteiger partial charge in [0.1, 0.15) is 4.88 Å². The molecule has 0 unspecified atom stereocenters. The van der Waals surface area contributed by atoms with Crippen LogP contribution in [-0.2, 0) is 0 Å². The molecule has 0 saturated carbocycles. The van der Waals surface area contributed by atoms with E-state index >= 15 is 0 Å². The summed E-state index contributed by atoms with van der Waals surface area (Å²) in [6.07, 6.45) is 0. The Hall–Kier alpha value is -1.93. The van der Waals surface area contributed by atoms with Crippen LogP contribution in [0.2, 0.25) is 0 Å². The van der Waals surface area contributed by atoms with Gasteiger partial charge >= 0.3 is 11.9 Å². The molecule has 0 spiro atoms. The molecule has 0 fully saturated rings. The standard InChI is InChI=1S/C12H9BrN2O4S/c1-6(8-3-4-9(20-8)12(17)18)14-15-11(16)7-2-5-10(13)19-7/h2-5H,1H3,(H,15,16)(H,17,18)/b14-6+. The number of carboxylic acid groups (broad SMARTS) is 1. The van der Waals surface area contributed by atoms with E-state index in [0.29, 0.717) is 15.3 Å². The van der Waals surface area contributed by atoms with E-state index in [4.69, 9.17) is 9.52 Å². The number of aromatic carboxylic acids is 1. The van der Waals surface area contributed by atoms with Crippen LogP contribution in [0.3, 0.4) is 0 Å². The lowest BCUT2D eigenvalue weighted by Crippen LogP contribution is -2.18. The minimum Gasteiger partial charge on any atom is -0.477 e. The summed E-state index contributed by atoms with van der Waals surface area (Å²) in [5.74, 6) is -1.34. The molecule has 2 N–H and O–H groups in total. The Bertz CT molecular complexity index is 689. The van der Waals surface area contributed by atoms with Crippen molar-refractivity contribution in [2.75, 3.05) is 0 Å². The first-order chi connectivity index (χ1) is 9.47. The molecule has 0 aromatic carbocycles. The molecular formula is C12H9BrN2O4S. The summed E-state index contributed by atoms with van der Waals surface area (Å²) in [7, 11) is 0. The lowest BCUT2D eigenvalue weighted by molar-refractivity contribution is 0.0702. The number of thiophene rings is 1. The Balaban J connectivity index is 2.06. The van der Waals surface area contributed by atoms with Crippen LogP contribution in [0, 0.1) is 0 Å². The quantitative estimate of drug-likeness (QED) is 0.650. The van der Waals surface area contributed by atoms with Crippen molar-refractivity contribution in [1.29, 1.82) is 0 Å². The minimum absolute atomic E-state index is 0.130. The summed E-state index contributed by atoms with van der Waals surface area (Å²) in [6, 6.07) is 6.25. The smallest absolute Gasteiger partial charge is 0.345 e. The third kappa shape index (κ3) is 3.34.